The van der Waals surface area contributed by atoms with Crippen LogP contribution in [0.4, 0.5) is 10.1 Å². The van der Waals surface area contributed by atoms with Crippen molar-refractivity contribution in [1.82, 2.24) is 0 Å². The van der Waals surface area contributed by atoms with Gasteiger partial charge < -0.3 is 4.90 Å². The van der Waals surface area contributed by atoms with E-state index in [1.165, 1.54) is 12.1 Å². The highest BCUT2D eigenvalue weighted by Crippen LogP contribution is 2.30. The maximum atomic E-state index is 12.9. The van der Waals surface area contributed by atoms with E-state index in [0.29, 0.717) is 17.8 Å². The molecule has 2 aromatic rings. The summed E-state index contributed by atoms with van der Waals surface area (Å²) in [6, 6.07) is 11.6. The number of hydrogen-bond acceptors (Lipinski definition) is 1. The molecule has 1 amide bonds. The molecule has 1 aliphatic heterocycles. The number of rotatable bonds is 1. The monoisotopic (exact) mass is 305 g/mol. The van der Waals surface area contributed by atoms with Crippen LogP contribution in [0.25, 0.3) is 0 Å². The number of halogens is 2. The Labute approximate surface area is 112 Å². The van der Waals surface area contributed by atoms with Crippen molar-refractivity contribution in [2.24, 2.45) is 0 Å². The zero-order chi connectivity index (χ0) is 12.7. The number of hydrogen-bond donors (Lipinski definition) is 0. The normalized spacial score (nSPS) is 13.9. The van der Waals surface area contributed by atoms with Gasteiger partial charge in [0.2, 0.25) is 0 Å². The highest BCUT2D eigenvalue weighted by atomic mass is 79.9. The van der Waals surface area contributed by atoms with Gasteiger partial charge in [-0.2, -0.15) is 0 Å². The summed E-state index contributed by atoms with van der Waals surface area (Å²) in [6.07, 6.45) is 0. The molecule has 0 bridgehead atoms. The van der Waals surface area contributed by atoms with Gasteiger partial charge in [-0.3, -0.25) is 4.79 Å². The van der Waals surface area contributed by atoms with Crippen LogP contribution in [0.5, 0.6) is 0 Å². The first kappa shape index (κ1) is 11.4. The summed E-state index contributed by atoms with van der Waals surface area (Å²) in [6.45, 7) is 0.527. The van der Waals surface area contributed by atoms with E-state index in [1.54, 1.807) is 17.0 Å². The van der Waals surface area contributed by atoms with Gasteiger partial charge in [-0.05, 0) is 48.0 Å². The lowest BCUT2D eigenvalue weighted by Gasteiger charge is -2.15. The summed E-state index contributed by atoms with van der Waals surface area (Å²) in [7, 11) is 0. The van der Waals surface area contributed by atoms with Crippen molar-refractivity contribution in [2.75, 3.05) is 4.90 Å². The van der Waals surface area contributed by atoms with Crippen molar-refractivity contribution in [2.45, 2.75) is 6.54 Å². The van der Waals surface area contributed by atoms with E-state index in [4.69, 9.17) is 0 Å². The van der Waals surface area contributed by atoms with Crippen LogP contribution >= 0.6 is 15.9 Å². The third kappa shape index (κ3) is 1.82. The van der Waals surface area contributed by atoms with Gasteiger partial charge in [-0.15, -0.1) is 0 Å². The number of carbonyl (C=O) groups excluding carboxylic acids is 1. The standard InChI is InChI=1S/C14H9BrFNO/c15-10-1-6-13-9(7-10)8-17(14(13)18)12-4-2-11(16)3-5-12/h1-7H,8H2. The first-order chi connectivity index (χ1) is 8.65. The predicted octanol–water partition coefficient (Wildman–Crippen LogP) is 3.75. The summed E-state index contributed by atoms with van der Waals surface area (Å²) in [4.78, 5) is 13.9. The highest BCUT2D eigenvalue weighted by molar-refractivity contribution is 9.10. The fourth-order valence-electron chi connectivity index (χ4n) is 2.12. The summed E-state index contributed by atoms with van der Waals surface area (Å²) < 4.78 is 13.8. The van der Waals surface area contributed by atoms with Gasteiger partial charge in [0.05, 0.1) is 6.54 Å². The number of nitrogens with zero attached hydrogens (tertiary/aromatic N) is 1. The summed E-state index contributed by atoms with van der Waals surface area (Å²) in [5, 5.41) is 0. The van der Waals surface area contributed by atoms with Crippen molar-refractivity contribution in [3.63, 3.8) is 0 Å². The van der Waals surface area contributed by atoms with Gasteiger partial charge >= 0.3 is 0 Å². The molecule has 0 saturated heterocycles. The number of anilines is 1. The van der Waals surface area contributed by atoms with Crippen molar-refractivity contribution in [1.29, 1.82) is 0 Å². The van der Waals surface area contributed by atoms with E-state index in [9.17, 15) is 9.18 Å². The number of benzene rings is 2. The van der Waals surface area contributed by atoms with Crippen LogP contribution in [0.2, 0.25) is 0 Å². The second-order valence-corrected chi connectivity index (χ2v) is 5.08. The molecule has 90 valence electrons. The van der Waals surface area contributed by atoms with Crippen LogP contribution in [0.1, 0.15) is 15.9 Å². The largest absolute Gasteiger partial charge is 0.304 e. The van der Waals surface area contributed by atoms with E-state index < -0.39 is 0 Å². The van der Waals surface area contributed by atoms with E-state index in [1.807, 2.05) is 18.2 Å². The number of fused-ring (bicyclic) bond motifs is 1. The number of carbonyl (C=O) groups is 1. The molecular weight excluding hydrogens is 297 g/mol. The minimum Gasteiger partial charge on any atom is -0.304 e. The Balaban J connectivity index is 1.99. The van der Waals surface area contributed by atoms with Gasteiger partial charge in [-0.1, -0.05) is 15.9 Å². The summed E-state index contributed by atoms with van der Waals surface area (Å²) >= 11 is 3.39. The highest BCUT2D eigenvalue weighted by Gasteiger charge is 2.28. The lowest BCUT2D eigenvalue weighted by atomic mass is 10.1. The fraction of sp³-hybridized carbons (Fsp3) is 0.0714. The Morgan fingerprint density at radius 2 is 1.83 bits per heavy atom. The molecular formula is C14H9BrFNO. The second kappa shape index (κ2) is 4.21. The van der Waals surface area contributed by atoms with E-state index >= 15 is 0 Å². The predicted molar refractivity (Wildman–Crippen MR) is 71.1 cm³/mol. The molecule has 0 spiro atoms. The Hall–Kier alpha value is -1.68. The molecule has 0 fully saturated rings. The summed E-state index contributed by atoms with van der Waals surface area (Å²) in [5.74, 6) is -0.338. The smallest absolute Gasteiger partial charge is 0.258 e. The molecule has 1 heterocycles. The molecule has 0 radical (unpaired) electrons. The van der Waals surface area contributed by atoms with Gasteiger partial charge in [0.25, 0.3) is 5.91 Å². The Morgan fingerprint density at radius 3 is 2.56 bits per heavy atom. The van der Waals surface area contributed by atoms with Crippen LogP contribution in [-0.2, 0) is 6.54 Å². The topological polar surface area (TPSA) is 20.3 Å². The maximum absolute atomic E-state index is 12.9. The molecule has 2 nitrogen and oxygen atoms in total. The van der Waals surface area contributed by atoms with Gasteiger partial charge in [0.1, 0.15) is 5.82 Å². The molecule has 0 saturated carbocycles. The summed E-state index contributed by atoms with van der Waals surface area (Å²) in [5.41, 5.74) is 2.41. The Kier molecular flexibility index (Phi) is 2.67. The molecule has 0 unspecified atom stereocenters. The van der Waals surface area contributed by atoms with Crippen molar-refractivity contribution >= 4 is 27.5 Å². The van der Waals surface area contributed by atoms with E-state index in [0.717, 1.165) is 10.0 Å². The zero-order valence-corrected chi connectivity index (χ0v) is 10.9. The lowest BCUT2D eigenvalue weighted by molar-refractivity contribution is 0.0996. The van der Waals surface area contributed by atoms with Gasteiger partial charge in [-0.25, -0.2) is 4.39 Å². The molecule has 2 aromatic carbocycles. The maximum Gasteiger partial charge on any atom is 0.258 e. The van der Waals surface area contributed by atoms with Gasteiger partial charge in [0.15, 0.2) is 0 Å². The molecule has 1 aliphatic rings. The quantitative estimate of drug-likeness (QED) is 0.786. The molecule has 0 aromatic heterocycles. The van der Waals surface area contributed by atoms with E-state index in [-0.39, 0.29) is 11.7 Å². The Morgan fingerprint density at radius 1 is 1.11 bits per heavy atom. The fourth-order valence-corrected chi connectivity index (χ4v) is 2.53. The molecule has 4 heteroatoms. The average Bonchev–Trinajstić information content (AvgIpc) is 2.67. The van der Waals surface area contributed by atoms with Crippen molar-refractivity contribution in [3.05, 3.63) is 63.9 Å². The first-order valence-electron chi connectivity index (χ1n) is 5.51. The van der Waals surface area contributed by atoms with Crippen LogP contribution < -0.4 is 4.90 Å². The van der Waals surface area contributed by atoms with Crippen molar-refractivity contribution in [3.8, 4) is 0 Å². The molecule has 3 rings (SSSR count). The van der Waals surface area contributed by atoms with Crippen molar-refractivity contribution < 1.29 is 9.18 Å². The van der Waals surface area contributed by atoms with Crippen LogP contribution in [-0.4, -0.2) is 5.91 Å². The average molecular weight is 306 g/mol. The minimum atomic E-state index is -0.300. The molecule has 0 aliphatic carbocycles. The molecule has 0 N–H and O–H groups in total. The van der Waals surface area contributed by atoms with Crippen LogP contribution in [0, 0.1) is 5.82 Å². The number of amides is 1. The second-order valence-electron chi connectivity index (χ2n) is 4.17. The Bertz CT molecular complexity index is 624. The van der Waals surface area contributed by atoms with Crippen LogP contribution in [0.3, 0.4) is 0 Å². The zero-order valence-electron chi connectivity index (χ0n) is 9.36. The van der Waals surface area contributed by atoms with Gasteiger partial charge in [0, 0.05) is 15.7 Å². The first-order valence-corrected chi connectivity index (χ1v) is 6.30. The third-order valence-corrected chi connectivity index (χ3v) is 3.50. The van der Waals surface area contributed by atoms with Crippen LogP contribution in [0.15, 0.2) is 46.9 Å². The SMILES string of the molecule is O=C1c2ccc(Br)cc2CN1c1ccc(F)cc1. The molecule has 0 atom stereocenters. The third-order valence-electron chi connectivity index (χ3n) is 3.01. The van der Waals surface area contributed by atoms with E-state index in [2.05, 4.69) is 15.9 Å². The minimum absolute atomic E-state index is 0.0379. The lowest BCUT2D eigenvalue weighted by Crippen LogP contribution is -2.22. The molecule has 18 heavy (non-hydrogen) atoms.